The van der Waals surface area contributed by atoms with Gasteiger partial charge >= 0.3 is 6.18 Å². The molecule has 2 aromatic rings. The average molecular weight is 346 g/mol. The van der Waals surface area contributed by atoms with E-state index in [2.05, 4.69) is 15.6 Å². The highest BCUT2D eigenvalue weighted by atomic mass is 19.4. The molecule has 0 unspecified atom stereocenters. The van der Waals surface area contributed by atoms with Crippen molar-refractivity contribution in [1.82, 2.24) is 4.98 Å². The van der Waals surface area contributed by atoms with E-state index in [1.165, 1.54) is 18.3 Å². The van der Waals surface area contributed by atoms with Crippen molar-refractivity contribution in [2.75, 3.05) is 10.6 Å². The summed E-state index contributed by atoms with van der Waals surface area (Å²) in [5.41, 5.74) is 0.121. The zero-order valence-electron chi connectivity index (χ0n) is 13.1. The smallest absolute Gasteiger partial charge is 0.359 e. The number of aryl methyl sites for hydroxylation is 1. The third-order valence-corrected chi connectivity index (χ3v) is 3.11. The average Bonchev–Trinajstić information content (AvgIpc) is 2.56. The summed E-state index contributed by atoms with van der Waals surface area (Å²) in [6.45, 7) is 1.81. The van der Waals surface area contributed by atoms with Gasteiger partial charge in [-0.1, -0.05) is 6.07 Å². The second kappa shape index (κ2) is 7.49. The normalized spacial score (nSPS) is 11.6. The van der Waals surface area contributed by atoms with Crippen LogP contribution in [0.3, 0.4) is 0 Å². The highest BCUT2D eigenvalue weighted by Crippen LogP contribution is 2.30. The van der Waals surface area contributed by atoms with E-state index in [-0.39, 0.29) is 11.3 Å². The summed E-state index contributed by atoms with van der Waals surface area (Å²) in [6.07, 6.45) is -1.84. The van der Waals surface area contributed by atoms with Gasteiger partial charge in [0.2, 0.25) is 0 Å². The minimum Gasteiger partial charge on any atom is -0.359 e. The topological polar surface area (TPSA) is 77.8 Å². The van der Waals surface area contributed by atoms with Crippen molar-refractivity contribution in [3.8, 4) is 6.07 Å². The summed E-state index contributed by atoms with van der Waals surface area (Å²) in [5.74, 6) is -0.825. The lowest BCUT2D eigenvalue weighted by Gasteiger charge is -2.09. The van der Waals surface area contributed by atoms with Crippen molar-refractivity contribution in [2.24, 2.45) is 0 Å². The number of rotatable bonds is 4. The molecular formula is C17H13F3N4O. The van der Waals surface area contributed by atoms with Crippen LogP contribution in [0.15, 0.2) is 54.4 Å². The molecule has 2 rings (SSSR count). The van der Waals surface area contributed by atoms with E-state index in [9.17, 15) is 18.0 Å². The van der Waals surface area contributed by atoms with Crippen LogP contribution >= 0.6 is 0 Å². The molecule has 1 aromatic heterocycles. The minimum absolute atomic E-state index is 0.0574. The summed E-state index contributed by atoms with van der Waals surface area (Å²) >= 11 is 0. The number of nitrogens with zero attached hydrogens (tertiary/aromatic N) is 2. The minimum atomic E-state index is -4.52. The zero-order chi connectivity index (χ0) is 18.4. The van der Waals surface area contributed by atoms with Gasteiger partial charge < -0.3 is 10.6 Å². The third kappa shape index (κ3) is 5.07. The first kappa shape index (κ1) is 18.0. The molecule has 0 fully saturated rings. The van der Waals surface area contributed by atoms with Gasteiger partial charge in [0.25, 0.3) is 5.91 Å². The molecule has 25 heavy (non-hydrogen) atoms. The summed E-state index contributed by atoms with van der Waals surface area (Å²) in [4.78, 5) is 16.1. The molecule has 5 nitrogen and oxygen atoms in total. The molecule has 0 atom stereocenters. The molecule has 0 saturated heterocycles. The van der Waals surface area contributed by atoms with Crippen molar-refractivity contribution in [3.05, 3.63) is 65.6 Å². The lowest BCUT2D eigenvalue weighted by Crippen LogP contribution is -2.15. The number of halogens is 3. The van der Waals surface area contributed by atoms with Crippen molar-refractivity contribution in [2.45, 2.75) is 13.1 Å². The van der Waals surface area contributed by atoms with Crippen LogP contribution in [0.1, 0.15) is 11.3 Å². The van der Waals surface area contributed by atoms with Crippen LogP contribution in [0.2, 0.25) is 0 Å². The molecule has 0 saturated carbocycles. The summed E-state index contributed by atoms with van der Waals surface area (Å²) < 4.78 is 38.0. The maximum Gasteiger partial charge on any atom is 0.416 e. The first-order chi connectivity index (χ1) is 11.8. The van der Waals surface area contributed by atoms with Crippen molar-refractivity contribution in [1.29, 1.82) is 5.26 Å². The Bertz CT molecular complexity index is 836. The molecule has 0 bridgehead atoms. The fourth-order valence-electron chi connectivity index (χ4n) is 1.83. The zero-order valence-corrected chi connectivity index (χ0v) is 13.1. The predicted molar refractivity (Wildman–Crippen MR) is 86.4 cm³/mol. The molecule has 1 heterocycles. The van der Waals surface area contributed by atoms with Crippen molar-refractivity contribution < 1.29 is 18.0 Å². The van der Waals surface area contributed by atoms with E-state index >= 15 is 0 Å². The molecular weight excluding hydrogens is 333 g/mol. The van der Waals surface area contributed by atoms with Gasteiger partial charge in [-0.3, -0.25) is 9.78 Å². The monoisotopic (exact) mass is 346 g/mol. The van der Waals surface area contributed by atoms with Crippen LogP contribution in [0.25, 0.3) is 0 Å². The Morgan fingerprint density at radius 1 is 1.24 bits per heavy atom. The number of alkyl halides is 3. The van der Waals surface area contributed by atoms with E-state index < -0.39 is 17.6 Å². The Morgan fingerprint density at radius 3 is 2.60 bits per heavy atom. The van der Waals surface area contributed by atoms with Crippen molar-refractivity contribution >= 4 is 17.3 Å². The van der Waals surface area contributed by atoms with Gasteiger partial charge in [0.15, 0.2) is 0 Å². The Hall–Kier alpha value is -3.34. The second-order valence-corrected chi connectivity index (χ2v) is 5.04. The number of aromatic nitrogens is 1. The number of hydrogen-bond donors (Lipinski definition) is 2. The van der Waals surface area contributed by atoms with Crippen LogP contribution in [-0.2, 0) is 11.0 Å². The number of benzene rings is 1. The fraction of sp³-hybridized carbons (Fsp3) is 0.118. The lowest BCUT2D eigenvalue weighted by molar-refractivity contribution is -0.137. The molecule has 1 amide bonds. The fourth-order valence-corrected chi connectivity index (χ4v) is 1.83. The lowest BCUT2D eigenvalue weighted by atomic mass is 10.2. The summed E-state index contributed by atoms with van der Waals surface area (Å²) in [7, 11) is 0. The van der Waals surface area contributed by atoms with Gasteiger partial charge in [0.1, 0.15) is 11.6 Å². The van der Waals surface area contributed by atoms with Gasteiger partial charge in [-0.2, -0.15) is 18.4 Å². The number of nitrogens with one attached hydrogen (secondary N) is 2. The molecule has 0 aliphatic carbocycles. The van der Waals surface area contributed by atoms with E-state index in [0.717, 1.165) is 24.0 Å². The maximum atomic E-state index is 12.7. The summed E-state index contributed by atoms with van der Waals surface area (Å²) in [6, 6.07) is 9.30. The van der Waals surface area contributed by atoms with Crippen LogP contribution in [0.4, 0.5) is 24.5 Å². The molecule has 1 aromatic carbocycles. The molecule has 128 valence electrons. The van der Waals surface area contributed by atoms with Crippen LogP contribution in [0.5, 0.6) is 0 Å². The molecule has 8 heteroatoms. The number of pyridine rings is 1. The maximum absolute atomic E-state index is 12.7. The highest BCUT2D eigenvalue weighted by molar-refractivity contribution is 6.06. The first-order valence-electron chi connectivity index (χ1n) is 7.07. The highest BCUT2D eigenvalue weighted by Gasteiger charge is 2.30. The Morgan fingerprint density at radius 2 is 2.00 bits per heavy atom. The number of anilines is 2. The van der Waals surface area contributed by atoms with Gasteiger partial charge in [-0.15, -0.1) is 0 Å². The van der Waals surface area contributed by atoms with E-state index in [1.54, 1.807) is 18.2 Å². The standard InChI is InChI=1S/C17H13F3N4O/c1-11-5-6-15(10-22-11)23-9-12(8-21)16(25)24-14-4-2-3-13(7-14)17(18,19)20/h2-7,9-10,23H,1H3,(H,24,25)/b12-9-. The number of carbonyl (C=O) groups excluding carboxylic acids is 1. The Balaban J connectivity index is 2.11. The number of nitriles is 1. The van der Waals surface area contributed by atoms with Gasteiger partial charge in [-0.25, -0.2) is 0 Å². The van der Waals surface area contributed by atoms with E-state index in [1.807, 2.05) is 6.92 Å². The number of hydrogen-bond acceptors (Lipinski definition) is 4. The van der Waals surface area contributed by atoms with Gasteiger partial charge in [-0.05, 0) is 37.3 Å². The number of carbonyl (C=O) groups is 1. The second-order valence-electron chi connectivity index (χ2n) is 5.04. The Labute approximate surface area is 141 Å². The van der Waals surface area contributed by atoms with Gasteiger partial charge in [0.05, 0.1) is 17.4 Å². The Kier molecular flexibility index (Phi) is 5.39. The summed E-state index contributed by atoms with van der Waals surface area (Å²) in [5, 5.41) is 14.1. The van der Waals surface area contributed by atoms with Gasteiger partial charge in [0, 0.05) is 17.6 Å². The largest absolute Gasteiger partial charge is 0.416 e. The quantitative estimate of drug-likeness (QED) is 0.651. The molecule has 0 spiro atoms. The third-order valence-electron chi connectivity index (χ3n) is 3.11. The van der Waals surface area contributed by atoms with Crippen LogP contribution in [-0.4, -0.2) is 10.9 Å². The van der Waals surface area contributed by atoms with Crippen LogP contribution < -0.4 is 10.6 Å². The van der Waals surface area contributed by atoms with Crippen molar-refractivity contribution in [3.63, 3.8) is 0 Å². The van der Waals surface area contributed by atoms with Crippen LogP contribution in [0, 0.1) is 18.3 Å². The molecule has 2 N–H and O–H groups in total. The van der Waals surface area contributed by atoms with E-state index in [4.69, 9.17) is 5.26 Å². The SMILES string of the molecule is Cc1ccc(N/C=C(/C#N)C(=O)Nc2cccc(C(F)(F)F)c2)cn1. The molecule has 0 aliphatic rings. The predicted octanol–water partition coefficient (Wildman–Crippen LogP) is 3.87. The molecule has 0 aliphatic heterocycles. The van der Waals surface area contributed by atoms with E-state index in [0.29, 0.717) is 5.69 Å². The first-order valence-corrected chi connectivity index (χ1v) is 7.07. The number of amides is 1. The molecule has 0 radical (unpaired) electrons.